The lowest BCUT2D eigenvalue weighted by molar-refractivity contribution is -0.385. The van der Waals surface area contributed by atoms with Gasteiger partial charge >= 0.3 is 41.8 Å². The van der Waals surface area contributed by atoms with E-state index in [0.717, 1.165) is 34.6 Å². The molecule has 13 atom stereocenters. The molecule has 3 fully saturated rings. The van der Waals surface area contributed by atoms with Crippen molar-refractivity contribution >= 4 is 41.8 Å². The number of nitrogens with zero attached hydrogens (tertiary/aromatic N) is 1. The van der Waals surface area contributed by atoms with Gasteiger partial charge in [-0.3, -0.25) is 29.0 Å². The largest absolute Gasteiger partial charge is 0.465 e. The number of fused-ring (bicyclic) bond motifs is 5. The van der Waals surface area contributed by atoms with Gasteiger partial charge in [-0.15, -0.1) is 0 Å². The lowest BCUT2D eigenvalue weighted by atomic mass is 9.45. The maximum absolute atomic E-state index is 14.4. The standard InChI is InChI=1S/C41H47NO17/c1-19-20(2)35(48)57-32-30(55-23(5)45)34(58-36(49)25-13-10-9-11-14-25)40(18-52-21(3)43)33(56-24(6)46)29(54-22(4)44)27-31(47)41(40,39(32,8)51)59-38(27,7)17-53-37(50)26-15-12-16-42-28(19)26/h9-16,19-20,27,29-34,47,51H,17-18H2,1-8H3/t19?,20?,27-,29+,30+,31-,32+,33-,34+,38+,39+,40-,41+/m1/s1. The SMILES string of the molecule is CC(=O)OC[C@]12[C@H](OC(C)=O)[C@@H](OC(C)=O)[C@@H]3[C@@H](O)[C@@]14O[C@@]3(C)COC(=O)c1cccnc1C(C)C(C)C(=O)O[C@@H]([C@H](OC(C)=O)[C@@H]2OC(=O)c1ccccc1)[C@]4(C)O. The molecule has 1 aromatic heterocycles. The van der Waals surface area contributed by atoms with Crippen molar-refractivity contribution in [2.75, 3.05) is 13.2 Å². The van der Waals surface area contributed by atoms with Crippen molar-refractivity contribution in [3.05, 3.63) is 65.5 Å². The Morgan fingerprint density at radius 2 is 1.42 bits per heavy atom. The molecule has 2 unspecified atom stereocenters. The fourth-order valence-corrected chi connectivity index (χ4v) is 9.54. The van der Waals surface area contributed by atoms with Gasteiger partial charge in [0.1, 0.15) is 41.5 Å². The van der Waals surface area contributed by atoms with Crippen molar-refractivity contribution in [1.29, 1.82) is 0 Å². The Hall–Kier alpha value is -5.46. The molecule has 18 heteroatoms. The minimum atomic E-state index is -2.82. The Kier molecular flexibility index (Phi) is 11.4. The molecule has 2 aromatic rings. The number of benzene rings is 1. The highest BCUT2D eigenvalue weighted by molar-refractivity contribution is 5.91. The molecule has 59 heavy (non-hydrogen) atoms. The number of aromatic nitrogens is 1. The van der Waals surface area contributed by atoms with Gasteiger partial charge in [-0.25, -0.2) is 9.59 Å². The number of hydrogen-bond acceptors (Lipinski definition) is 18. The summed E-state index contributed by atoms with van der Waals surface area (Å²) in [5.41, 5.74) is -10.2. The molecule has 2 aliphatic carbocycles. The normalized spacial score (nSPS) is 37.4. The van der Waals surface area contributed by atoms with E-state index in [1.807, 2.05) is 0 Å². The number of hydrogen-bond donors (Lipinski definition) is 2. The summed E-state index contributed by atoms with van der Waals surface area (Å²) in [4.78, 5) is 99.4. The first-order valence-corrected chi connectivity index (χ1v) is 19.0. The molecule has 1 saturated heterocycles. The number of cyclic esters (lactones) is 1. The van der Waals surface area contributed by atoms with E-state index in [4.69, 9.17) is 37.9 Å². The van der Waals surface area contributed by atoms with Crippen LogP contribution in [0, 0.1) is 17.3 Å². The number of ether oxygens (including phenoxy) is 8. The molecule has 1 aromatic carbocycles. The second-order valence-corrected chi connectivity index (χ2v) is 15.9. The quantitative estimate of drug-likeness (QED) is 0.298. The van der Waals surface area contributed by atoms with Gasteiger partial charge in [0.15, 0.2) is 24.4 Å². The molecule has 0 radical (unpaired) electrons. The van der Waals surface area contributed by atoms with E-state index in [-0.39, 0.29) is 16.8 Å². The second kappa shape index (κ2) is 15.6. The van der Waals surface area contributed by atoms with Crippen molar-refractivity contribution < 1.29 is 81.7 Å². The van der Waals surface area contributed by atoms with Crippen LogP contribution in [-0.4, -0.2) is 124 Å². The number of aliphatic hydroxyl groups is 2. The first kappa shape index (κ1) is 43.1. The van der Waals surface area contributed by atoms with Crippen LogP contribution in [0.1, 0.15) is 87.7 Å². The zero-order valence-electron chi connectivity index (χ0n) is 33.7. The summed E-state index contributed by atoms with van der Waals surface area (Å²) in [5.74, 6) is -10.7. The molecule has 1 spiro atoms. The summed E-state index contributed by atoms with van der Waals surface area (Å²) in [6.07, 6.45) is -10.8. The summed E-state index contributed by atoms with van der Waals surface area (Å²) in [7, 11) is 0. The van der Waals surface area contributed by atoms with Crippen LogP contribution in [0.4, 0.5) is 0 Å². The van der Waals surface area contributed by atoms with Gasteiger partial charge in [0.25, 0.3) is 0 Å². The highest BCUT2D eigenvalue weighted by Gasteiger charge is 2.91. The molecule has 4 aliphatic rings. The molecule has 2 N–H and O–H groups in total. The Balaban J connectivity index is 1.75. The van der Waals surface area contributed by atoms with E-state index in [9.17, 15) is 43.8 Å². The van der Waals surface area contributed by atoms with E-state index < -0.39 is 132 Å². The first-order chi connectivity index (χ1) is 27.6. The van der Waals surface area contributed by atoms with E-state index in [0.29, 0.717) is 0 Å². The number of pyridine rings is 1. The molecular weight excluding hydrogens is 778 g/mol. The van der Waals surface area contributed by atoms with Crippen molar-refractivity contribution in [2.45, 2.75) is 115 Å². The Morgan fingerprint density at radius 3 is 2.03 bits per heavy atom. The minimum Gasteiger partial charge on any atom is -0.465 e. The van der Waals surface area contributed by atoms with Crippen LogP contribution in [0.25, 0.3) is 0 Å². The van der Waals surface area contributed by atoms with Gasteiger partial charge in [-0.05, 0) is 38.1 Å². The number of aliphatic hydroxyl groups excluding tert-OH is 1. The maximum Gasteiger partial charge on any atom is 0.340 e. The first-order valence-electron chi connectivity index (χ1n) is 19.0. The molecule has 318 valence electrons. The highest BCUT2D eigenvalue weighted by atomic mass is 16.7. The van der Waals surface area contributed by atoms with Crippen LogP contribution in [0.15, 0.2) is 48.7 Å². The van der Waals surface area contributed by atoms with Crippen LogP contribution >= 0.6 is 0 Å². The van der Waals surface area contributed by atoms with Crippen molar-refractivity contribution in [1.82, 2.24) is 4.98 Å². The summed E-state index contributed by atoms with van der Waals surface area (Å²) in [6, 6.07) is 10.3. The van der Waals surface area contributed by atoms with Gasteiger partial charge in [0.2, 0.25) is 0 Å². The van der Waals surface area contributed by atoms with Gasteiger partial charge in [0.05, 0.1) is 34.8 Å². The Labute approximate surface area is 338 Å². The van der Waals surface area contributed by atoms with Crippen LogP contribution in [0.2, 0.25) is 0 Å². The van der Waals surface area contributed by atoms with Crippen molar-refractivity contribution in [3.8, 4) is 0 Å². The molecule has 2 aliphatic heterocycles. The lowest BCUT2D eigenvalue weighted by Gasteiger charge is -2.67. The number of carbonyl (C=O) groups excluding carboxylic acids is 7. The molecular formula is C41H47NO17. The monoisotopic (exact) mass is 825 g/mol. The molecule has 0 amide bonds. The van der Waals surface area contributed by atoms with Gasteiger partial charge < -0.3 is 48.1 Å². The van der Waals surface area contributed by atoms with Crippen LogP contribution < -0.4 is 0 Å². The fourth-order valence-electron chi connectivity index (χ4n) is 9.54. The predicted molar refractivity (Wildman–Crippen MR) is 196 cm³/mol. The molecule has 2 saturated carbocycles. The van der Waals surface area contributed by atoms with Crippen LogP contribution in [0.3, 0.4) is 0 Å². The molecule has 3 heterocycles. The average molecular weight is 826 g/mol. The van der Waals surface area contributed by atoms with E-state index in [1.165, 1.54) is 56.4 Å². The van der Waals surface area contributed by atoms with Gasteiger partial charge in [0, 0.05) is 39.8 Å². The van der Waals surface area contributed by atoms with E-state index >= 15 is 0 Å². The minimum absolute atomic E-state index is 0.0311. The third-order valence-electron chi connectivity index (χ3n) is 12.1. The molecule has 18 nitrogen and oxygen atoms in total. The summed E-state index contributed by atoms with van der Waals surface area (Å²) in [6.45, 7) is 7.76. The Bertz CT molecular complexity index is 2040. The van der Waals surface area contributed by atoms with Crippen LogP contribution in [-0.2, 0) is 61.9 Å². The second-order valence-electron chi connectivity index (χ2n) is 15.9. The number of rotatable bonds is 7. The van der Waals surface area contributed by atoms with E-state index in [1.54, 1.807) is 13.0 Å². The number of esters is 7. The smallest absolute Gasteiger partial charge is 0.340 e. The van der Waals surface area contributed by atoms with Crippen molar-refractivity contribution in [2.24, 2.45) is 17.3 Å². The predicted octanol–water partition coefficient (Wildman–Crippen LogP) is 1.76. The third-order valence-corrected chi connectivity index (χ3v) is 12.1. The number of carbonyl (C=O) groups is 7. The Morgan fingerprint density at radius 1 is 0.814 bits per heavy atom. The molecule has 4 bridgehead atoms. The van der Waals surface area contributed by atoms with Crippen LogP contribution in [0.5, 0.6) is 0 Å². The summed E-state index contributed by atoms with van der Waals surface area (Å²) < 4.78 is 48.6. The van der Waals surface area contributed by atoms with E-state index in [2.05, 4.69) is 4.98 Å². The van der Waals surface area contributed by atoms with Gasteiger partial charge in [-0.2, -0.15) is 0 Å². The third kappa shape index (κ3) is 6.89. The summed E-state index contributed by atoms with van der Waals surface area (Å²) in [5, 5.41) is 26.3. The zero-order valence-corrected chi connectivity index (χ0v) is 33.7. The zero-order chi connectivity index (χ0) is 43.4. The maximum atomic E-state index is 14.4. The lowest BCUT2D eigenvalue weighted by Crippen LogP contribution is -2.89. The summed E-state index contributed by atoms with van der Waals surface area (Å²) >= 11 is 0. The highest BCUT2D eigenvalue weighted by Crippen LogP contribution is 2.69. The van der Waals surface area contributed by atoms with Crippen molar-refractivity contribution in [3.63, 3.8) is 0 Å². The average Bonchev–Trinajstić information content (AvgIpc) is 3.37. The van der Waals surface area contributed by atoms with Gasteiger partial charge in [-0.1, -0.05) is 32.0 Å². The fraction of sp³-hybridized carbons (Fsp3) is 0.561. The molecule has 6 rings (SSSR count). The topological polar surface area (TPSA) is 247 Å².